The van der Waals surface area contributed by atoms with E-state index in [4.69, 9.17) is 5.14 Å². The molecule has 0 fully saturated rings. The molecule has 25 heavy (non-hydrogen) atoms. The zero-order valence-electron chi connectivity index (χ0n) is 13.0. The minimum absolute atomic E-state index is 0.0217. The first-order chi connectivity index (χ1) is 11.8. The van der Waals surface area contributed by atoms with Crippen molar-refractivity contribution in [2.45, 2.75) is 47.8 Å². The van der Waals surface area contributed by atoms with Crippen LogP contribution in [-0.2, 0) is 11.0 Å². The molecule has 2 rings (SSSR count). The highest BCUT2D eigenvalue weighted by Crippen LogP contribution is 2.42. The van der Waals surface area contributed by atoms with Gasteiger partial charge < -0.3 is 10.2 Å². The number of fused-ring (bicyclic) bond motifs is 1. The van der Waals surface area contributed by atoms with Crippen molar-refractivity contribution in [3.05, 3.63) is 27.8 Å². The predicted molar refractivity (Wildman–Crippen MR) is 89.3 cm³/mol. The van der Waals surface area contributed by atoms with Crippen LogP contribution in [0.15, 0.2) is 21.9 Å². The summed E-state index contributed by atoms with van der Waals surface area (Å²) in [5.74, 6) is 0. The zero-order chi connectivity index (χ0) is 18.4. The summed E-state index contributed by atoms with van der Waals surface area (Å²) in [5.41, 5.74) is -0.347. The molecular formula is C13H17F3N4O3S2. The maximum atomic E-state index is 13.1. The van der Waals surface area contributed by atoms with E-state index in [2.05, 4.69) is 14.9 Å². The third kappa shape index (κ3) is 5.83. The van der Waals surface area contributed by atoms with Gasteiger partial charge in [0.2, 0.25) is 0 Å². The maximum Gasteiger partial charge on any atom is 0.417 e. The Labute approximate surface area is 150 Å². The number of nitrogens with two attached hydrogens (primary N) is 1. The van der Waals surface area contributed by atoms with Crippen LogP contribution < -0.4 is 15.2 Å². The summed E-state index contributed by atoms with van der Waals surface area (Å²) in [6, 6.07) is 2.49. The molecule has 0 saturated heterocycles. The smallest absolute Gasteiger partial charge is 0.368 e. The van der Waals surface area contributed by atoms with Crippen LogP contribution in [0.5, 0.6) is 0 Å². The molecule has 0 aromatic heterocycles. The van der Waals surface area contributed by atoms with Crippen molar-refractivity contribution in [2.75, 3.05) is 11.9 Å². The Bertz CT molecular complexity index is 619. The molecule has 0 bridgehead atoms. The van der Waals surface area contributed by atoms with Gasteiger partial charge in [0.1, 0.15) is 0 Å². The monoisotopic (exact) mass is 398 g/mol. The van der Waals surface area contributed by atoms with E-state index in [-0.39, 0.29) is 17.7 Å². The summed E-state index contributed by atoms with van der Waals surface area (Å²) in [6.45, 7) is 0.0462. The van der Waals surface area contributed by atoms with Crippen molar-refractivity contribution >= 4 is 29.6 Å². The number of halogens is 3. The van der Waals surface area contributed by atoms with Crippen LogP contribution in [0.3, 0.4) is 0 Å². The summed E-state index contributed by atoms with van der Waals surface area (Å²) < 4.78 is 42.4. The lowest BCUT2D eigenvalue weighted by molar-refractivity contribution is -0.757. The molecule has 7 nitrogen and oxygen atoms in total. The molecule has 1 aromatic carbocycles. The molecular weight excluding hydrogens is 381 g/mol. The molecule has 1 aliphatic rings. The van der Waals surface area contributed by atoms with E-state index in [0.29, 0.717) is 35.4 Å². The third-order valence-electron chi connectivity index (χ3n) is 3.49. The average Bonchev–Trinajstić information content (AvgIpc) is 2.55. The number of nitrogens with zero attached hydrogens (tertiary/aromatic N) is 1. The van der Waals surface area contributed by atoms with E-state index in [1.807, 2.05) is 0 Å². The van der Waals surface area contributed by atoms with Gasteiger partial charge in [0.25, 0.3) is 5.09 Å². The van der Waals surface area contributed by atoms with Crippen LogP contribution in [0.2, 0.25) is 0 Å². The van der Waals surface area contributed by atoms with Crippen LogP contribution in [0.1, 0.15) is 31.2 Å². The second-order valence-corrected chi connectivity index (χ2v) is 6.84. The molecule has 1 aliphatic heterocycles. The second kappa shape index (κ2) is 8.83. The largest absolute Gasteiger partial charge is 0.417 e. The minimum Gasteiger partial charge on any atom is -0.368 e. The first-order valence-corrected chi connectivity index (χ1v) is 9.09. The fourth-order valence-corrected chi connectivity index (χ4v) is 3.74. The Balaban J connectivity index is 1.91. The molecule has 0 aliphatic carbocycles. The molecule has 0 saturated carbocycles. The van der Waals surface area contributed by atoms with Gasteiger partial charge in [-0.25, -0.2) is 4.72 Å². The summed E-state index contributed by atoms with van der Waals surface area (Å²) in [4.78, 5) is 14.9. The number of benzene rings is 1. The first-order valence-electron chi connectivity index (χ1n) is 7.39. The van der Waals surface area contributed by atoms with Crippen LogP contribution in [0.4, 0.5) is 18.9 Å². The van der Waals surface area contributed by atoms with Gasteiger partial charge in [0.15, 0.2) is 0 Å². The third-order valence-corrected chi connectivity index (χ3v) is 5.04. The van der Waals surface area contributed by atoms with Gasteiger partial charge in [-0.15, -0.1) is 10.1 Å². The normalized spacial score (nSPS) is 16.9. The van der Waals surface area contributed by atoms with Crippen LogP contribution in [0, 0.1) is 10.1 Å². The molecule has 1 unspecified atom stereocenters. The molecule has 1 atom stereocenters. The lowest BCUT2D eigenvalue weighted by Gasteiger charge is -2.29. The fourth-order valence-electron chi connectivity index (χ4n) is 2.33. The minimum atomic E-state index is -4.47. The Morgan fingerprint density at radius 2 is 2.12 bits per heavy atom. The predicted octanol–water partition coefficient (Wildman–Crippen LogP) is 3.79. The lowest BCUT2D eigenvalue weighted by Crippen LogP contribution is -2.35. The number of hydrogen-bond acceptors (Lipinski definition) is 8. The number of rotatable bonds is 8. The van der Waals surface area contributed by atoms with Crippen LogP contribution >= 0.6 is 23.9 Å². The molecule has 0 radical (unpaired) electrons. The Morgan fingerprint density at radius 1 is 1.36 bits per heavy atom. The highest BCUT2D eigenvalue weighted by atomic mass is 32.2. The molecule has 0 spiro atoms. The Morgan fingerprint density at radius 3 is 2.76 bits per heavy atom. The van der Waals surface area contributed by atoms with Crippen molar-refractivity contribution in [2.24, 2.45) is 5.14 Å². The highest BCUT2D eigenvalue weighted by Gasteiger charge is 2.35. The van der Waals surface area contributed by atoms with Crippen LogP contribution in [-0.4, -0.2) is 17.9 Å². The van der Waals surface area contributed by atoms with Crippen LogP contribution in [0.25, 0.3) is 0 Å². The molecule has 140 valence electrons. The van der Waals surface area contributed by atoms with E-state index in [1.165, 1.54) is 18.0 Å². The van der Waals surface area contributed by atoms with Crippen molar-refractivity contribution in [3.8, 4) is 0 Å². The summed E-state index contributed by atoms with van der Waals surface area (Å²) in [6.07, 6.45) is -1.97. The molecule has 1 heterocycles. The summed E-state index contributed by atoms with van der Waals surface area (Å²) >= 11 is 1.83. The summed E-state index contributed by atoms with van der Waals surface area (Å²) in [7, 11) is 0. The van der Waals surface area contributed by atoms with Crippen molar-refractivity contribution < 1.29 is 23.1 Å². The maximum absolute atomic E-state index is 13.1. The number of hydrogen-bond donors (Lipinski definition) is 3. The number of unbranched alkanes of at least 4 members (excludes halogenated alkanes) is 2. The Hall–Kier alpha value is -1.37. The Kier molecular flexibility index (Phi) is 7.04. The topological polar surface area (TPSA) is 102 Å². The number of alkyl halides is 3. The van der Waals surface area contributed by atoms with E-state index in [9.17, 15) is 23.3 Å². The standard InChI is InChI=1S/C13H17F3N4O3S2/c14-13(15,16)8-6-9-11(7-10(8)24-17)25-19-12(18-9)4-2-1-3-5-23-20(21)22/h6-7,12,18-19H,1-5,17H2. The van der Waals surface area contributed by atoms with Gasteiger partial charge in [0, 0.05) is 9.79 Å². The van der Waals surface area contributed by atoms with E-state index < -0.39 is 16.8 Å². The van der Waals surface area contributed by atoms with Gasteiger partial charge in [-0.1, -0.05) is 6.42 Å². The molecule has 1 aromatic rings. The van der Waals surface area contributed by atoms with Gasteiger partial charge in [0.05, 0.1) is 24.0 Å². The van der Waals surface area contributed by atoms with E-state index in [1.54, 1.807) is 0 Å². The highest BCUT2D eigenvalue weighted by molar-refractivity contribution is 7.98. The lowest BCUT2D eigenvalue weighted by atomic mass is 10.1. The van der Waals surface area contributed by atoms with Crippen molar-refractivity contribution in [1.29, 1.82) is 0 Å². The van der Waals surface area contributed by atoms with Gasteiger partial charge in [-0.3, -0.25) is 5.14 Å². The van der Waals surface area contributed by atoms with Gasteiger partial charge >= 0.3 is 6.18 Å². The molecule has 4 N–H and O–H groups in total. The van der Waals surface area contributed by atoms with Crippen molar-refractivity contribution in [1.82, 2.24) is 4.72 Å². The van der Waals surface area contributed by atoms with Gasteiger partial charge in [-0.2, -0.15) is 13.2 Å². The van der Waals surface area contributed by atoms with Crippen molar-refractivity contribution in [3.63, 3.8) is 0 Å². The van der Waals surface area contributed by atoms with E-state index in [0.717, 1.165) is 18.9 Å². The quantitative estimate of drug-likeness (QED) is 0.263. The van der Waals surface area contributed by atoms with Gasteiger partial charge in [-0.05, 0) is 55.3 Å². The average molecular weight is 398 g/mol. The fraction of sp³-hybridized carbons (Fsp3) is 0.538. The number of anilines is 1. The second-order valence-electron chi connectivity index (χ2n) is 5.28. The SMILES string of the molecule is NSc1cc2c(cc1C(F)(F)F)NC(CCCCCO[N+](=O)[O-])NS2. The first kappa shape index (κ1) is 19.9. The summed E-state index contributed by atoms with van der Waals surface area (Å²) in [5, 5.41) is 17.6. The molecule has 12 heteroatoms. The van der Waals surface area contributed by atoms with E-state index >= 15 is 0 Å². The number of nitrogens with one attached hydrogen (secondary N) is 2. The molecule has 0 amide bonds. The zero-order valence-corrected chi connectivity index (χ0v) is 14.6.